The van der Waals surface area contributed by atoms with Crippen LogP contribution < -0.4 is 5.32 Å². The van der Waals surface area contributed by atoms with E-state index in [4.69, 9.17) is 20.8 Å². The van der Waals surface area contributed by atoms with E-state index in [1.807, 2.05) is 13.0 Å². The number of hydrogen-bond donors (Lipinski definition) is 1. The molecule has 2 unspecified atom stereocenters. The van der Waals surface area contributed by atoms with Gasteiger partial charge in [-0.15, -0.1) is 0 Å². The summed E-state index contributed by atoms with van der Waals surface area (Å²) in [7, 11) is 1.40. The average molecular weight is 244 g/mol. The summed E-state index contributed by atoms with van der Waals surface area (Å²) in [5.41, 5.74) is -0.626. The van der Waals surface area contributed by atoms with Crippen LogP contribution in [-0.2, 0) is 9.53 Å². The number of hydrogen-bond acceptors (Lipinski definition) is 4. The molecule has 5 heteroatoms. The molecular weight excluding hydrogens is 230 g/mol. The normalized spacial score (nSPS) is 29.3. The molecule has 0 aromatic carbocycles. The van der Waals surface area contributed by atoms with Crippen molar-refractivity contribution in [2.24, 2.45) is 0 Å². The lowest BCUT2D eigenvalue weighted by Crippen LogP contribution is -2.45. The highest BCUT2D eigenvalue weighted by Crippen LogP contribution is 2.34. The Morgan fingerprint density at radius 3 is 3.00 bits per heavy atom. The number of halogens is 1. The van der Waals surface area contributed by atoms with E-state index >= 15 is 0 Å². The standard InChI is InChI=1S/C11H14ClNO3/c1-11(10(14)15-2)5-7(6-13-11)8-3-4-9(12)16-8/h3-4,7,13H,5-6H2,1-2H3. The number of carbonyl (C=O) groups is 1. The lowest BCUT2D eigenvalue weighted by atomic mass is 9.93. The van der Waals surface area contributed by atoms with Crippen molar-refractivity contribution in [2.75, 3.05) is 13.7 Å². The Labute approximate surface area is 98.9 Å². The predicted octanol–water partition coefficient (Wildman–Crippen LogP) is 1.94. The van der Waals surface area contributed by atoms with Crippen LogP contribution in [0.15, 0.2) is 16.5 Å². The van der Waals surface area contributed by atoms with Gasteiger partial charge in [-0.25, -0.2) is 0 Å². The Balaban J connectivity index is 2.11. The summed E-state index contributed by atoms with van der Waals surface area (Å²) < 4.78 is 10.1. The van der Waals surface area contributed by atoms with Gasteiger partial charge >= 0.3 is 5.97 Å². The SMILES string of the molecule is COC(=O)C1(C)CC(c2ccc(Cl)o2)CN1. The topological polar surface area (TPSA) is 51.5 Å². The van der Waals surface area contributed by atoms with Crippen molar-refractivity contribution in [1.82, 2.24) is 5.32 Å². The molecule has 2 heterocycles. The van der Waals surface area contributed by atoms with Crippen LogP contribution in [0.25, 0.3) is 0 Å². The first-order valence-corrected chi connectivity index (χ1v) is 5.51. The molecule has 1 aliphatic rings. The molecule has 4 nitrogen and oxygen atoms in total. The third-order valence-corrected chi connectivity index (χ3v) is 3.23. The summed E-state index contributed by atoms with van der Waals surface area (Å²) in [5.74, 6) is 0.731. The molecule has 0 bridgehead atoms. The minimum atomic E-state index is -0.626. The summed E-state index contributed by atoms with van der Waals surface area (Å²) in [6, 6.07) is 3.56. The first-order chi connectivity index (χ1) is 7.55. The lowest BCUT2D eigenvalue weighted by molar-refractivity contribution is -0.147. The van der Waals surface area contributed by atoms with E-state index in [1.165, 1.54) is 7.11 Å². The maximum atomic E-state index is 11.6. The molecule has 0 spiro atoms. The Kier molecular flexibility index (Phi) is 2.95. The van der Waals surface area contributed by atoms with Crippen molar-refractivity contribution in [2.45, 2.75) is 24.8 Å². The third-order valence-electron chi connectivity index (χ3n) is 3.03. The molecule has 0 radical (unpaired) electrons. The van der Waals surface area contributed by atoms with Crippen LogP contribution >= 0.6 is 11.6 Å². The fourth-order valence-corrected chi connectivity index (χ4v) is 2.27. The van der Waals surface area contributed by atoms with Gasteiger partial charge in [0.2, 0.25) is 0 Å². The number of carbonyl (C=O) groups excluding carboxylic acids is 1. The van der Waals surface area contributed by atoms with Gasteiger partial charge in [0.25, 0.3) is 0 Å². The molecule has 1 fully saturated rings. The van der Waals surface area contributed by atoms with Gasteiger partial charge in [-0.05, 0) is 37.1 Å². The lowest BCUT2D eigenvalue weighted by Gasteiger charge is -2.20. The summed E-state index contributed by atoms with van der Waals surface area (Å²) in [6.45, 7) is 2.53. The highest BCUT2D eigenvalue weighted by atomic mass is 35.5. The Morgan fingerprint density at radius 2 is 2.44 bits per heavy atom. The van der Waals surface area contributed by atoms with Gasteiger partial charge in [0.1, 0.15) is 11.3 Å². The number of methoxy groups -OCH3 is 1. The minimum Gasteiger partial charge on any atom is -0.468 e. The number of esters is 1. The van der Waals surface area contributed by atoms with E-state index in [9.17, 15) is 4.79 Å². The van der Waals surface area contributed by atoms with Crippen LogP contribution in [0.2, 0.25) is 5.22 Å². The first kappa shape index (κ1) is 11.5. The number of furan rings is 1. The molecule has 1 N–H and O–H groups in total. The van der Waals surface area contributed by atoms with Gasteiger partial charge in [0, 0.05) is 12.5 Å². The minimum absolute atomic E-state index is 0.164. The van der Waals surface area contributed by atoms with Crippen molar-refractivity contribution < 1.29 is 13.9 Å². The average Bonchev–Trinajstić information content (AvgIpc) is 2.84. The van der Waals surface area contributed by atoms with Crippen molar-refractivity contribution in [3.8, 4) is 0 Å². The van der Waals surface area contributed by atoms with Crippen molar-refractivity contribution in [3.63, 3.8) is 0 Å². The van der Waals surface area contributed by atoms with Crippen LogP contribution in [0, 0.1) is 0 Å². The van der Waals surface area contributed by atoms with Crippen LogP contribution in [0.4, 0.5) is 0 Å². The maximum Gasteiger partial charge on any atom is 0.325 e. The molecule has 0 saturated carbocycles. The van der Waals surface area contributed by atoms with Gasteiger partial charge in [-0.2, -0.15) is 0 Å². The highest BCUT2D eigenvalue weighted by Gasteiger charge is 2.43. The van der Waals surface area contributed by atoms with Crippen LogP contribution in [0.1, 0.15) is 25.0 Å². The molecule has 1 aliphatic heterocycles. The summed E-state index contributed by atoms with van der Waals surface area (Å²) >= 11 is 5.72. The maximum absolute atomic E-state index is 11.6. The van der Waals surface area contributed by atoms with Gasteiger partial charge in [-0.3, -0.25) is 4.79 Å². The molecule has 2 atom stereocenters. The third kappa shape index (κ3) is 1.95. The Hall–Kier alpha value is -1.00. The zero-order valence-corrected chi connectivity index (χ0v) is 10.0. The summed E-state index contributed by atoms with van der Waals surface area (Å²) in [6.07, 6.45) is 0.656. The quantitative estimate of drug-likeness (QED) is 0.807. The largest absolute Gasteiger partial charge is 0.468 e. The molecule has 2 rings (SSSR count). The van der Waals surface area contributed by atoms with Gasteiger partial charge in [0.05, 0.1) is 7.11 Å². The summed E-state index contributed by atoms with van der Waals surface area (Å²) in [5, 5.41) is 3.54. The van der Waals surface area contributed by atoms with E-state index in [2.05, 4.69) is 5.32 Å². The molecule has 88 valence electrons. The van der Waals surface area contributed by atoms with Crippen LogP contribution in [0.5, 0.6) is 0 Å². The van der Waals surface area contributed by atoms with Gasteiger partial charge in [-0.1, -0.05) is 0 Å². The second-order valence-corrected chi connectivity index (χ2v) is 4.62. The van der Waals surface area contributed by atoms with Crippen molar-refractivity contribution >= 4 is 17.6 Å². The second-order valence-electron chi connectivity index (χ2n) is 4.25. The molecule has 1 aromatic heterocycles. The second kappa shape index (κ2) is 4.11. The van der Waals surface area contributed by atoms with Crippen molar-refractivity contribution in [3.05, 3.63) is 23.1 Å². The number of nitrogens with one attached hydrogen (secondary N) is 1. The van der Waals surface area contributed by atoms with Crippen molar-refractivity contribution in [1.29, 1.82) is 0 Å². The van der Waals surface area contributed by atoms with E-state index in [1.54, 1.807) is 6.07 Å². The summed E-state index contributed by atoms with van der Waals surface area (Å²) in [4.78, 5) is 11.6. The highest BCUT2D eigenvalue weighted by molar-refractivity contribution is 6.28. The molecule has 16 heavy (non-hydrogen) atoms. The van der Waals surface area contributed by atoms with E-state index in [-0.39, 0.29) is 11.9 Å². The van der Waals surface area contributed by atoms with E-state index < -0.39 is 5.54 Å². The molecule has 0 amide bonds. The van der Waals surface area contributed by atoms with E-state index in [0.717, 1.165) is 5.76 Å². The molecule has 1 aromatic rings. The monoisotopic (exact) mass is 243 g/mol. The fourth-order valence-electron chi connectivity index (χ4n) is 2.12. The fraction of sp³-hybridized carbons (Fsp3) is 0.545. The van der Waals surface area contributed by atoms with Crippen LogP contribution in [-0.4, -0.2) is 25.2 Å². The predicted molar refractivity (Wildman–Crippen MR) is 59.5 cm³/mol. The van der Waals surface area contributed by atoms with E-state index in [0.29, 0.717) is 18.2 Å². The zero-order valence-electron chi connectivity index (χ0n) is 9.25. The Bertz CT molecular complexity index is 404. The van der Waals surface area contributed by atoms with Gasteiger partial charge in [0.15, 0.2) is 5.22 Å². The number of ether oxygens (including phenoxy) is 1. The first-order valence-electron chi connectivity index (χ1n) is 5.14. The molecular formula is C11H14ClNO3. The zero-order chi connectivity index (χ0) is 11.8. The van der Waals surface area contributed by atoms with Crippen LogP contribution in [0.3, 0.4) is 0 Å². The smallest absolute Gasteiger partial charge is 0.325 e. The Morgan fingerprint density at radius 1 is 1.69 bits per heavy atom. The van der Waals surface area contributed by atoms with Gasteiger partial charge < -0.3 is 14.5 Å². The molecule has 0 aliphatic carbocycles. The molecule has 1 saturated heterocycles. The number of rotatable bonds is 2.